The smallest absolute Gasteiger partial charge is 0.290 e. The molecular formula is C16H20N2O4S. The quantitative estimate of drug-likeness (QED) is 0.875. The third-order valence-corrected chi connectivity index (χ3v) is 5.76. The van der Waals surface area contributed by atoms with Crippen molar-refractivity contribution in [1.29, 1.82) is 0 Å². The maximum atomic E-state index is 11.8. The largest absolute Gasteiger partial charge is 0.429 e. The molecule has 0 spiro atoms. The van der Waals surface area contributed by atoms with Gasteiger partial charge in [-0.1, -0.05) is 18.2 Å². The summed E-state index contributed by atoms with van der Waals surface area (Å²) in [6, 6.07) is 13.1. The Labute approximate surface area is 136 Å². The van der Waals surface area contributed by atoms with Crippen LogP contribution in [0.1, 0.15) is 12.2 Å². The van der Waals surface area contributed by atoms with Crippen molar-refractivity contribution in [3.05, 3.63) is 48.2 Å². The van der Waals surface area contributed by atoms with Crippen LogP contribution >= 0.6 is 0 Å². The Hall–Kier alpha value is -1.83. The Morgan fingerprint density at radius 3 is 2.78 bits per heavy atom. The predicted octanol–water partition coefficient (Wildman–Crippen LogP) is 2.20. The summed E-state index contributed by atoms with van der Waals surface area (Å²) < 4.78 is 37.3. The molecule has 1 aromatic carbocycles. The summed E-state index contributed by atoms with van der Waals surface area (Å²) in [6.45, 7) is 1.83. The van der Waals surface area contributed by atoms with Crippen molar-refractivity contribution >= 4 is 10.0 Å². The molecule has 1 aromatic heterocycles. The Kier molecular flexibility index (Phi) is 4.70. The lowest BCUT2D eigenvalue weighted by Crippen LogP contribution is -2.34. The molecule has 1 fully saturated rings. The molecule has 0 bridgehead atoms. The van der Waals surface area contributed by atoms with E-state index < -0.39 is 10.0 Å². The molecule has 0 amide bonds. The number of hydrogen-bond acceptors (Lipinski definition) is 5. The van der Waals surface area contributed by atoms with Crippen LogP contribution in [0.4, 0.5) is 0 Å². The van der Waals surface area contributed by atoms with Crippen LogP contribution < -0.4 is 9.46 Å². The fourth-order valence-corrected chi connectivity index (χ4v) is 3.84. The van der Waals surface area contributed by atoms with Crippen molar-refractivity contribution in [3.8, 4) is 11.7 Å². The zero-order valence-electron chi connectivity index (χ0n) is 12.9. The fourth-order valence-electron chi connectivity index (χ4n) is 2.68. The molecule has 1 N–H and O–H groups in total. The molecule has 1 aliphatic rings. The first-order valence-electron chi connectivity index (χ1n) is 7.53. The van der Waals surface area contributed by atoms with Crippen molar-refractivity contribution in [1.82, 2.24) is 9.62 Å². The highest BCUT2D eigenvalue weighted by atomic mass is 32.2. The second-order valence-electron chi connectivity index (χ2n) is 5.53. The van der Waals surface area contributed by atoms with E-state index >= 15 is 0 Å². The summed E-state index contributed by atoms with van der Waals surface area (Å²) in [5.41, 5.74) is 0. The van der Waals surface area contributed by atoms with E-state index in [9.17, 15) is 8.42 Å². The van der Waals surface area contributed by atoms with Crippen molar-refractivity contribution in [2.24, 2.45) is 0 Å². The molecular weight excluding hydrogens is 316 g/mol. The molecule has 0 aliphatic carbocycles. The van der Waals surface area contributed by atoms with E-state index in [1.54, 1.807) is 6.07 Å². The summed E-state index contributed by atoms with van der Waals surface area (Å²) in [7, 11) is -1.75. The Morgan fingerprint density at radius 1 is 1.26 bits per heavy atom. The van der Waals surface area contributed by atoms with Gasteiger partial charge in [0.1, 0.15) is 11.5 Å². The number of nitrogens with one attached hydrogen (secondary N) is 1. The minimum atomic E-state index is -3.21. The molecule has 7 heteroatoms. The minimum Gasteiger partial charge on any atom is -0.429 e. The molecule has 6 nitrogen and oxygen atoms in total. The lowest BCUT2D eigenvalue weighted by atomic mass is 10.3. The number of sulfonamides is 1. The van der Waals surface area contributed by atoms with Gasteiger partial charge < -0.3 is 9.15 Å². The normalized spacial score (nSPS) is 19.1. The van der Waals surface area contributed by atoms with Crippen molar-refractivity contribution in [3.63, 3.8) is 0 Å². The monoisotopic (exact) mass is 336 g/mol. The Balaban J connectivity index is 1.58. The zero-order chi connectivity index (χ0) is 16.3. The van der Waals surface area contributed by atoms with Gasteiger partial charge in [-0.2, -0.15) is 0 Å². The van der Waals surface area contributed by atoms with Crippen molar-refractivity contribution in [2.45, 2.75) is 18.2 Å². The van der Waals surface area contributed by atoms with Crippen LogP contribution in [-0.4, -0.2) is 38.7 Å². The van der Waals surface area contributed by atoms with Gasteiger partial charge in [0.15, 0.2) is 0 Å². The molecule has 1 saturated heterocycles. The van der Waals surface area contributed by atoms with Crippen LogP contribution in [0.3, 0.4) is 0 Å². The second kappa shape index (κ2) is 6.74. The van der Waals surface area contributed by atoms with Gasteiger partial charge in [-0.25, -0.2) is 13.1 Å². The maximum Gasteiger partial charge on any atom is 0.290 e. The van der Waals surface area contributed by atoms with E-state index in [0.717, 1.165) is 18.1 Å². The van der Waals surface area contributed by atoms with E-state index in [1.807, 2.05) is 36.4 Å². The summed E-state index contributed by atoms with van der Waals surface area (Å²) in [5.74, 6) is 1.91. The first-order valence-corrected chi connectivity index (χ1v) is 9.08. The number of hydrogen-bond donors (Lipinski definition) is 1. The van der Waals surface area contributed by atoms with E-state index in [1.165, 1.54) is 7.05 Å². The van der Waals surface area contributed by atoms with Gasteiger partial charge in [0, 0.05) is 19.2 Å². The van der Waals surface area contributed by atoms with Crippen LogP contribution in [0.15, 0.2) is 46.9 Å². The van der Waals surface area contributed by atoms with Crippen molar-refractivity contribution in [2.75, 3.05) is 20.1 Å². The first kappa shape index (κ1) is 16.0. The second-order valence-corrected chi connectivity index (χ2v) is 7.70. The molecule has 0 unspecified atom stereocenters. The molecule has 23 heavy (non-hydrogen) atoms. The van der Waals surface area contributed by atoms with Gasteiger partial charge in [0.05, 0.1) is 11.8 Å². The first-order chi connectivity index (χ1) is 11.1. The molecule has 0 saturated carbocycles. The van der Waals surface area contributed by atoms with Crippen LogP contribution in [0.25, 0.3) is 0 Å². The average Bonchev–Trinajstić information content (AvgIpc) is 3.19. The average molecular weight is 336 g/mol. The molecule has 3 rings (SSSR count). The number of rotatable bonds is 6. The molecule has 1 atom stereocenters. The lowest BCUT2D eigenvalue weighted by molar-refractivity contribution is 0.272. The third-order valence-electron chi connectivity index (χ3n) is 3.93. The number of para-hydroxylation sites is 1. The van der Waals surface area contributed by atoms with Crippen molar-refractivity contribution < 1.29 is 17.6 Å². The van der Waals surface area contributed by atoms with E-state index in [4.69, 9.17) is 9.15 Å². The lowest BCUT2D eigenvalue weighted by Gasteiger charge is -2.14. The van der Waals surface area contributed by atoms with Gasteiger partial charge in [-0.05, 0) is 31.7 Å². The van der Waals surface area contributed by atoms with Crippen LogP contribution in [0.5, 0.6) is 11.7 Å². The van der Waals surface area contributed by atoms with Gasteiger partial charge in [-0.3, -0.25) is 4.90 Å². The zero-order valence-corrected chi connectivity index (χ0v) is 13.8. The highest BCUT2D eigenvalue weighted by molar-refractivity contribution is 7.90. The topological polar surface area (TPSA) is 71.8 Å². The number of likely N-dealkylation sites (tertiary alicyclic amines) is 1. The van der Waals surface area contributed by atoms with E-state index in [0.29, 0.717) is 25.5 Å². The molecule has 0 radical (unpaired) electrons. The van der Waals surface area contributed by atoms with Gasteiger partial charge in [0.25, 0.3) is 5.95 Å². The highest BCUT2D eigenvalue weighted by Gasteiger charge is 2.32. The number of furan rings is 1. The molecule has 2 heterocycles. The molecule has 124 valence electrons. The third kappa shape index (κ3) is 3.93. The Bertz CT molecular complexity index is 742. The van der Waals surface area contributed by atoms with Gasteiger partial charge in [-0.15, -0.1) is 0 Å². The molecule has 2 aromatic rings. The van der Waals surface area contributed by atoms with Crippen LogP contribution in [0.2, 0.25) is 0 Å². The Morgan fingerprint density at radius 2 is 2.04 bits per heavy atom. The minimum absolute atomic E-state index is 0.359. The van der Waals surface area contributed by atoms with Crippen LogP contribution in [-0.2, 0) is 16.6 Å². The van der Waals surface area contributed by atoms with Crippen LogP contribution in [0, 0.1) is 0 Å². The maximum absolute atomic E-state index is 11.8. The highest BCUT2D eigenvalue weighted by Crippen LogP contribution is 2.25. The van der Waals surface area contributed by atoms with Gasteiger partial charge in [0.2, 0.25) is 10.0 Å². The fraction of sp³-hybridized carbons (Fsp3) is 0.375. The number of nitrogens with zero attached hydrogens (tertiary/aromatic N) is 1. The standard InChI is InChI=1S/C16H20N2O4S/c1-17-23(19,20)15-9-10-18(12-15)11-14-7-8-16(22-14)21-13-5-3-2-4-6-13/h2-8,15,17H,9-12H2,1H3/t15-/m0/s1. The SMILES string of the molecule is CNS(=O)(=O)[C@H]1CCN(Cc2ccc(Oc3ccccc3)o2)C1. The summed E-state index contributed by atoms with van der Waals surface area (Å²) in [5, 5.41) is -0.359. The number of ether oxygens (including phenoxy) is 1. The number of benzene rings is 1. The van der Waals surface area contributed by atoms with E-state index in [-0.39, 0.29) is 5.25 Å². The summed E-state index contributed by atoms with van der Waals surface area (Å²) in [6.07, 6.45) is 0.636. The predicted molar refractivity (Wildman–Crippen MR) is 86.9 cm³/mol. The van der Waals surface area contributed by atoms with E-state index in [2.05, 4.69) is 9.62 Å². The summed E-state index contributed by atoms with van der Waals surface area (Å²) >= 11 is 0. The van der Waals surface area contributed by atoms with Gasteiger partial charge >= 0.3 is 0 Å². The summed E-state index contributed by atoms with van der Waals surface area (Å²) in [4.78, 5) is 2.07. The molecule has 1 aliphatic heterocycles.